The number of hydrogen-bond acceptors (Lipinski definition) is 7. The first kappa shape index (κ1) is 37.8. The Morgan fingerprint density at radius 2 is 1.68 bits per heavy atom. The van der Waals surface area contributed by atoms with Crippen LogP contribution in [0.2, 0.25) is 0 Å². The minimum absolute atomic E-state index is 0.00407. The van der Waals surface area contributed by atoms with Gasteiger partial charge < -0.3 is 9.47 Å². The van der Waals surface area contributed by atoms with Crippen molar-refractivity contribution in [3.63, 3.8) is 0 Å². The summed E-state index contributed by atoms with van der Waals surface area (Å²) in [4.78, 5) is 36.4. The quantitative estimate of drug-likeness (QED) is 0.0426. The molecule has 0 aromatic heterocycles. The number of unbranched alkanes of at least 4 members (excludes halogenated alkanes) is 5. The summed E-state index contributed by atoms with van der Waals surface area (Å²) in [6, 6.07) is 21.0. The van der Waals surface area contributed by atoms with Crippen LogP contribution in [0.4, 0.5) is 5.69 Å². The molecule has 0 saturated heterocycles. The van der Waals surface area contributed by atoms with Gasteiger partial charge in [-0.15, -0.1) is 0 Å². The molecule has 0 radical (unpaired) electrons. The molecule has 8 nitrogen and oxygen atoms in total. The van der Waals surface area contributed by atoms with Gasteiger partial charge in [0.05, 0.1) is 5.56 Å². The van der Waals surface area contributed by atoms with Crippen LogP contribution in [0.25, 0.3) is 0 Å². The predicted molar refractivity (Wildman–Crippen MR) is 207 cm³/mol. The molecule has 3 aliphatic carbocycles. The number of fused-ring (bicyclic) bond motifs is 6. The van der Waals surface area contributed by atoms with E-state index >= 15 is 0 Å². The van der Waals surface area contributed by atoms with Crippen LogP contribution in [0.5, 0.6) is 5.75 Å². The van der Waals surface area contributed by atoms with E-state index in [9.17, 15) is 19.7 Å². The fraction of sp³-hybridized carbons (Fsp3) is 0.545. The van der Waals surface area contributed by atoms with Crippen molar-refractivity contribution in [1.29, 1.82) is 0 Å². The Morgan fingerprint density at radius 3 is 2.43 bits per heavy atom. The minimum atomic E-state index is -0.328. The van der Waals surface area contributed by atoms with Crippen LogP contribution < -0.4 is 9.20 Å². The third-order valence-electron chi connectivity index (χ3n) is 13.2. The third kappa shape index (κ3) is 7.59. The van der Waals surface area contributed by atoms with Gasteiger partial charge in [0.2, 0.25) is 0 Å². The van der Waals surface area contributed by atoms with E-state index in [4.69, 9.17) is 9.47 Å². The molecule has 53 heavy (non-hydrogen) atoms. The molecule has 9 heteroatoms. The third-order valence-corrected chi connectivity index (χ3v) is 16.3. The maximum atomic E-state index is 12.9. The van der Waals surface area contributed by atoms with Gasteiger partial charge in [0.15, 0.2) is 0 Å². The Hall–Kier alpha value is -3.52. The second kappa shape index (κ2) is 15.7. The van der Waals surface area contributed by atoms with E-state index in [1.807, 2.05) is 30.3 Å². The number of esters is 2. The van der Waals surface area contributed by atoms with E-state index in [-0.39, 0.29) is 54.8 Å². The van der Waals surface area contributed by atoms with Gasteiger partial charge in [0.1, 0.15) is 11.9 Å². The van der Waals surface area contributed by atoms with Crippen LogP contribution in [-0.2, 0) is 21.5 Å². The number of carbonyl (C=O) groups excluding carboxylic acids is 2. The van der Waals surface area contributed by atoms with Crippen molar-refractivity contribution in [2.45, 2.75) is 122 Å². The van der Waals surface area contributed by atoms with Crippen LogP contribution in [0.3, 0.4) is 0 Å². The first-order valence-electron chi connectivity index (χ1n) is 19.8. The molecule has 0 bridgehead atoms. The molecule has 1 heterocycles. The molecule has 282 valence electrons. The topological polar surface area (TPSA) is 99.0 Å². The van der Waals surface area contributed by atoms with Crippen molar-refractivity contribution in [3.8, 4) is 5.75 Å². The molecule has 0 N–H and O–H groups in total. The Kier molecular flexibility index (Phi) is 11.2. The van der Waals surface area contributed by atoms with Crippen molar-refractivity contribution in [3.05, 3.63) is 99.1 Å². The standard InChI is InChI=1S/C44H54N2O6Se/c1-29(47)51-39-23-22-36-40-31(17-10-7-5-6-8-13-26-45-43(2,3)37-18-14-19-38(46(49)50)41(37)53-45)27-32-28-33(52-42(48)30-15-11-9-12-16-30)20-21-34(32)35(40)24-25-44(36,39)4/h9,11-12,14-16,18-21,28,31,35-36,39-40H,5-8,10,13,17,22-27H2,1-4H3/t31-,35?,36?,39+,40?,44+/m1/s1. The average Bonchev–Trinajstić information content (AvgIpc) is 3.60. The maximum absolute atomic E-state index is 12.9. The molecule has 7 rings (SSSR count). The summed E-state index contributed by atoms with van der Waals surface area (Å²) in [6.45, 7) is 9.31. The Balaban J connectivity index is 0.966. The molecular weight excluding hydrogens is 731 g/mol. The summed E-state index contributed by atoms with van der Waals surface area (Å²) >= 11 is -0.0317. The summed E-state index contributed by atoms with van der Waals surface area (Å²) < 4.78 is 15.2. The van der Waals surface area contributed by atoms with Gasteiger partial charge in [-0.05, 0) is 55.5 Å². The SMILES string of the molecule is CC(=O)O[C@H]1CCC2C3C(CC[C@@]21C)c1ccc(OC(=O)c2ccccc2)cc1C[C@H]3CCCCCCCCN1[Se]c2c([N+](=O)[O-])cccc2C1(C)C. The zero-order chi connectivity index (χ0) is 37.3. The summed E-state index contributed by atoms with van der Waals surface area (Å²) in [6.07, 6.45) is 13.5. The van der Waals surface area contributed by atoms with E-state index < -0.39 is 0 Å². The van der Waals surface area contributed by atoms with Crippen LogP contribution in [0.15, 0.2) is 66.7 Å². The van der Waals surface area contributed by atoms with Gasteiger partial charge in [-0.3, -0.25) is 4.79 Å². The van der Waals surface area contributed by atoms with E-state index in [1.165, 1.54) is 49.7 Å². The van der Waals surface area contributed by atoms with Gasteiger partial charge in [-0.25, -0.2) is 4.79 Å². The fourth-order valence-corrected chi connectivity index (χ4v) is 13.5. The summed E-state index contributed by atoms with van der Waals surface area (Å²) in [7, 11) is 0. The molecule has 2 saturated carbocycles. The Morgan fingerprint density at radius 1 is 0.925 bits per heavy atom. The second-order valence-electron chi connectivity index (χ2n) is 16.7. The van der Waals surface area contributed by atoms with Gasteiger partial charge in [0, 0.05) is 12.3 Å². The van der Waals surface area contributed by atoms with Crippen molar-refractivity contribution >= 4 is 37.3 Å². The Bertz CT molecular complexity index is 1830. The molecule has 3 aromatic rings. The van der Waals surface area contributed by atoms with Crippen molar-refractivity contribution < 1.29 is 24.0 Å². The molecule has 6 atom stereocenters. The van der Waals surface area contributed by atoms with E-state index in [1.54, 1.807) is 25.1 Å². The van der Waals surface area contributed by atoms with Crippen molar-refractivity contribution in [2.75, 3.05) is 6.54 Å². The molecular formula is C44H54N2O6Se. The van der Waals surface area contributed by atoms with Gasteiger partial charge in [-0.1, -0.05) is 31.2 Å². The number of hydrogen-bond donors (Lipinski definition) is 0. The molecule has 2 fully saturated rings. The summed E-state index contributed by atoms with van der Waals surface area (Å²) in [5.74, 6) is 2.23. The molecule has 3 aromatic carbocycles. The number of nitrogens with zero attached hydrogens (tertiary/aromatic N) is 2. The van der Waals surface area contributed by atoms with E-state index in [2.05, 4.69) is 42.9 Å². The van der Waals surface area contributed by atoms with E-state index in [0.29, 0.717) is 35.0 Å². The summed E-state index contributed by atoms with van der Waals surface area (Å²) in [5, 5.41) is 11.7. The molecule has 3 unspecified atom stereocenters. The summed E-state index contributed by atoms with van der Waals surface area (Å²) in [5.41, 5.74) is 4.53. The van der Waals surface area contributed by atoms with Crippen LogP contribution in [0.1, 0.15) is 131 Å². The normalized spacial score (nSPS) is 26.9. The van der Waals surface area contributed by atoms with Crippen LogP contribution >= 0.6 is 0 Å². The predicted octanol–water partition coefficient (Wildman–Crippen LogP) is 9.05. The van der Waals surface area contributed by atoms with Gasteiger partial charge in [0.25, 0.3) is 0 Å². The second-order valence-corrected chi connectivity index (χ2v) is 18.8. The molecule has 1 aliphatic heterocycles. The zero-order valence-corrected chi connectivity index (χ0v) is 33.4. The van der Waals surface area contributed by atoms with Crippen LogP contribution in [0, 0.1) is 33.3 Å². The fourth-order valence-electron chi connectivity index (χ4n) is 10.5. The van der Waals surface area contributed by atoms with Crippen molar-refractivity contribution in [1.82, 2.24) is 3.92 Å². The molecule has 0 spiro atoms. The molecule has 0 amide bonds. The van der Waals surface area contributed by atoms with Gasteiger partial charge >= 0.3 is 187 Å². The van der Waals surface area contributed by atoms with Crippen LogP contribution in [-0.4, -0.2) is 48.6 Å². The Labute approximate surface area is 320 Å². The zero-order valence-electron chi connectivity index (χ0n) is 31.7. The number of benzene rings is 3. The number of nitro groups is 1. The first-order chi connectivity index (χ1) is 25.5. The van der Waals surface area contributed by atoms with E-state index in [0.717, 1.165) is 55.1 Å². The number of ether oxygens (including phenoxy) is 2. The monoisotopic (exact) mass is 786 g/mol. The number of nitro benzene ring substituents is 1. The first-order valence-corrected chi connectivity index (χ1v) is 21.4. The van der Waals surface area contributed by atoms with Crippen molar-refractivity contribution in [2.24, 2.45) is 23.2 Å². The number of carbonyl (C=O) groups is 2. The van der Waals surface area contributed by atoms with Gasteiger partial charge in [-0.2, -0.15) is 0 Å². The molecule has 4 aliphatic rings. The average molecular weight is 786 g/mol. The number of rotatable bonds is 13.